The number of hydrogen-bond acceptors (Lipinski definition) is 6. The molecule has 9 heteroatoms. The third kappa shape index (κ3) is 3.85. The molecule has 0 bridgehead atoms. The topological polar surface area (TPSA) is 82.7 Å². The summed E-state index contributed by atoms with van der Waals surface area (Å²) in [6.45, 7) is 2.79. The van der Waals surface area contributed by atoms with E-state index in [4.69, 9.17) is 9.72 Å². The molecule has 188 valence electrons. The molecule has 2 atom stereocenters. The lowest BCUT2D eigenvalue weighted by Crippen LogP contribution is -2.18. The highest BCUT2D eigenvalue weighted by molar-refractivity contribution is 5.85. The van der Waals surface area contributed by atoms with Crippen molar-refractivity contribution in [2.75, 3.05) is 11.9 Å². The summed E-state index contributed by atoms with van der Waals surface area (Å²) in [5.74, 6) is 1.50. The highest BCUT2D eigenvalue weighted by Gasteiger charge is 2.32. The smallest absolute Gasteiger partial charge is 0.167 e. The molecule has 1 saturated heterocycles. The summed E-state index contributed by atoms with van der Waals surface area (Å²) < 4.78 is 25.2. The second-order valence-electron chi connectivity index (χ2n) is 9.98. The summed E-state index contributed by atoms with van der Waals surface area (Å²) >= 11 is 0. The summed E-state index contributed by atoms with van der Waals surface area (Å²) in [5, 5.41) is 3.52. The zero-order valence-electron chi connectivity index (χ0n) is 20.6. The van der Waals surface area contributed by atoms with Crippen molar-refractivity contribution in [3.63, 3.8) is 0 Å². The standard InChI is InChI=1S/C28H28FN7O/c1-17(33-26-24-28(31-15-30-26)35(16-32-24)22-9-5-6-14-37-22)27-34-21-13-12-20(29)23(18-10-11-18)25(21)36(27)19-7-3-2-4-8-19/h2-4,7-8,12-13,15-18,22H,5-6,9-11,14H2,1H3,(H,30,31,33). The number of hydrogen-bond donors (Lipinski definition) is 1. The number of benzene rings is 2. The van der Waals surface area contributed by atoms with Gasteiger partial charge in [-0.15, -0.1) is 0 Å². The second-order valence-corrected chi connectivity index (χ2v) is 9.98. The molecule has 2 unspecified atom stereocenters. The van der Waals surface area contributed by atoms with E-state index in [9.17, 15) is 0 Å². The van der Waals surface area contributed by atoms with Gasteiger partial charge in [-0.1, -0.05) is 18.2 Å². The fourth-order valence-corrected chi connectivity index (χ4v) is 5.46. The van der Waals surface area contributed by atoms with Crippen LogP contribution in [0.5, 0.6) is 0 Å². The van der Waals surface area contributed by atoms with Gasteiger partial charge in [-0.2, -0.15) is 0 Å². The molecule has 1 aliphatic heterocycles. The molecule has 37 heavy (non-hydrogen) atoms. The van der Waals surface area contributed by atoms with E-state index in [1.54, 1.807) is 24.8 Å². The van der Waals surface area contributed by atoms with E-state index in [0.29, 0.717) is 11.3 Å². The Morgan fingerprint density at radius 1 is 1.03 bits per heavy atom. The van der Waals surface area contributed by atoms with Gasteiger partial charge in [-0.3, -0.25) is 9.13 Å². The predicted octanol–water partition coefficient (Wildman–Crippen LogP) is 6.05. The van der Waals surface area contributed by atoms with Crippen LogP contribution in [-0.4, -0.2) is 35.7 Å². The van der Waals surface area contributed by atoms with Gasteiger partial charge in [0.2, 0.25) is 0 Å². The number of imidazole rings is 2. The summed E-state index contributed by atoms with van der Waals surface area (Å²) in [6, 6.07) is 13.1. The first-order valence-corrected chi connectivity index (χ1v) is 13.0. The fraction of sp³-hybridized carbons (Fsp3) is 0.357. The molecular formula is C28H28FN7O. The molecule has 7 rings (SSSR count). The predicted molar refractivity (Wildman–Crippen MR) is 139 cm³/mol. The van der Waals surface area contributed by atoms with E-state index in [-0.39, 0.29) is 24.0 Å². The molecule has 0 amide bonds. The minimum atomic E-state index is -0.239. The lowest BCUT2D eigenvalue weighted by molar-refractivity contribution is -0.0298. The van der Waals surface area contributed by atoms with Crippen LogP contribution in [0.2, 0.25) is 0 Å². The molecule has 0 spiro atoms. The first-order chi connectivity index (χ1) is 18.2. The first kappa shape index (κ1) is 22.4. The van der Waals surface area contributed by atoms with Gasteiger partial charge in [-0.05, 0) is 69.2 Å². The van der Waals surface area contributed by atoms with Crippen LogP contribution in [0, 0.1) is 5.82 Å². The monoisotopic (exact) mass is 497 g/mol. The molecule has 4 heterocycles. The Kier molecular flexibility index (Phi) is 5.39. The molecule has 1 aliphatic carbocycles. The van der Waals surface area contributed by atoms with E-state index in [2.05, 4.69) is 24.8 Å². The second kappa shape index (κ2) is 8.92. The van der Waals surface area contributed by atoms with E-state index in [1.165, 1.54) is 0 Å². The maximum absolute atomic E-state index is 15.1. The normalized spacial score (nSPS) is 18.9. The third-order valence-electron chi connectivity index (χ3n) is 7.40. The molecule has 0 radical (unpaired) electrons. The Hall–Kier alpha value is -3.85. The van der Waals surface area contributed by atoms with Crippen molar-refractivity contribution in [2.45, 2.75) is 57.2 Å². The summed E-state index contributed by atoms with van der Waals surface area (Å²) in [6.07, 6.45) is 8.44. The van der Waals surface area contributed by atoms with Crippen molar-refractivity contribution in [2.24, 2.45) is 0 Å². The van der Waals surface area contributed by atoms with Crippen LogP contribution in [0.3, 0.4) is 0 Å². The third-order valence-corrected chi connectivity index (χ3v) is 7.40. The summed E-state index contributed by atoms with van der Waals surface area (Å²) in [5.41, 5.74) is 4.80. The van der Waals surface area contributed by atoms with Crippen molar-refractivity contribution in [1.29, 1.82) is 0 Å². The fourth-order valence-electron chi connectivity index (χ4n) is 5.46. The first-order valence-electron chi connectivity index (χ1n) is 13.0. The Morgan fingerprint density at radius 2 is 1.89 bits per heavy atom. The number of anilines is 1. The Balaban J connectivity index is 1.32. The van der Waals surface area contributed by atoms with Gasteiger partial charge in [-0.25, -0.2) is 24.3 Å². The summed E-state index contributed by atoms with van der Waals surface area (Å²) in [7, 11) is 0. The molecule has 2 aromatic carbocycles. The minimum Gasteiger partial charge on any atom is -0.358 e. The van der Waals surface area contributed by atoms with Gasteiger partial charge in [0.25, 0.3) is 0 Å². The number of nitrogens with one attached hydrogen (secondary N) is 1. The number of fused-ring (bicyclic) bond motifs is 2. The van der Waals surface area contributed by atoms with Crippen LogP contribution in [0.1, 0.15) is 68.6 Å². The van der Waals surface area contributed by atoms with Gasteiger partial charge < -0.3 is 10.1 Å². The number of para-hydroxylation sites is 1. The van der Waals surface area contributed by atoms with Crippen LogP contribution in [0.15, 0.2) is 55.1 Å². The summed E-state index contributed by atoms with van der Waals surface area (Å²) in [4.78, 5) is 18.7. The lowest BCUT2D eigenvalue weighted by atomic mass is 10.1. The molecule has 2 fully saturated rings. The number of aromatic nitrogens is 6. The van der Waals surface area contributed by atoms with Crippen molar-refractivity contribution in [3.8, 4) is 5.69 Å². The molecule has 5 aromatic rings. The number of ether oxygens (including phenoxy) is 1. The maximum atomic E-state index is 15.1. The van der Waals surface area contributed by atoms with Crippen molar-refractivity contribution in [3.05, 3.63) is 72.3 Å². The van der Waals surface area contributed by atoms with Crippen LogP contribution < -0.4 is 5.32 Å². The lowest BCUT2D eigenvalue weighted by Gasteiger charge is -2.23. The average Bonchev–Trinajstić information content (AvgIpc) is 3.55. The van der Waals surface area contributed by atoms with Gasteiger partial charge in [0, 0.05) is 17.9 Å². The molecular weight excluding hydrogens is 469 g/mol. The van der Waals surface area contributed by atoms with Gasteiger partial charge >= 0.3 is 0 Å². The zero-order valence-corrected chi connectivity index (χ0v) is 20.6. The largest absolute Gasteiger partial charge is 0.358 e. The quantitative estimate of drug-likeness (QED) is 0.307. The Labute approximate surface area is 213 Å². The molecule has 1 N–H and O–H groups in total. The van der Waals surface area contributed by atoms with E-state index in [0.717, 1.165) is 72.5 Å². The van der Waals surface area contributed by atoms with Crippen molar-refractivity contribution < 1.29 is 9.13 Å². The van der Waals surface area contributed by atoms with Crippen molar-refractivity contribution in [1.82, 2.24) is 29.1 Å². The van der Waals surface area contributed by atoms with Gasteiger partial charge in [0.1, 0.15) is 24.2 Å². The van der Waals surface area contributed by atoms with Crippen molar-refractivity contribution >= 4 is 28.0 Å². The van der Waals surface area contributed by atoms with Gasteiger partial charge in [0.15, 0.2) is 17.0 Å². The molecule has 3 aromatic heterocycles. The Morgan fingerprint density at radius 3 is 2.68 bits per heavy atom. The van der Waals surface area contributed by atoms with Gasteiger partial charge in [0.05, 0.1) is 23.4 Å². The average molecular weight is 498 g/mol. The van der Waals surface area contributed by atoms with Crippen LogP contribution in [0.4, 0.5) is 10.2 Å². The van der Waals surface area contributed by atoms with E-state index >= 15 is 4.39 Å². The van der Waals surface area contributed by atoms with E-state index in [1.807, 2.05) is 41.8 Å². The highest BCUT2D eigenvalue weighted by atomic mass is 19.1. The molecule has 8 nitrogen and oxygen atoms in total. The van der Waals surface area contributed by atoms with E-state index < -0.39 is 0 Å². The molecule has 1 saturated carbocycles. The van der Waals surface area contributed by atoms with Crippen LogP contribution >= 0.6 is 0 Å². The SMILES string of the molecule is CC(Nc1ncnc2c1ncn2C1CCCCO1)c1nc2ccc(F)c(C3CC3)c2n1-c1ccccc1. The van der Waals surface area contributed by atoms with Crippen LogP contribution in [-0.2, 0) is 4.74 Å². The number of rotatable bonds is 6. The maximum Gasteiger partial charge on any atom is 0.167 e. The number of nitrogens with zero attached hydrogens (tertiary/aromatic N) is 6. The van der Waals surface area contributed by atoms with Crippen LogP contribution in [0.25, 0.3) is 27.9 Å². The molecule has 2 aliphatic rings. The number of halogens is 1. The zero-order chi connectivity index (χ0) is 24.9. The highest BCUT2D eigenvalue weighted by Crippen LogP contribution is 2.45. The Bertz CT molecular complexity index is 1580. The minimum absolute atomic E-state index is 0.0584.